The summed E-state index contributed by atoms with van der Waals surface area (Å²) in [5.41, 5.74) is 4.96. The minimum absolute atomic E-state index is 0.0990. The van der Waals surface area contributed by atoms with Gasteiger partial charge in [0.05, 0.1) is 20.8 Å². The number of aryl methyl sites for hydroxylation is 2. The van der Waals surface area contributed by atoms with Gasteiger partial charge in [-0.05, 0) is 62.6 Å². The summed E-state index contributed by atoms with van der Waals surface area (Å²) in [4.78, 5) is 18.0. The molecule has 0 fully saturated rings. The van der Waals surface area contributed by atoms with Crippen LogP contribution in [-0.4, -0.2) is 14.8 Å². The maximum absolute atomic E-state index is 13.3. The minimum Gasteiger partial charge on any atom is -0.358 e. The van der Waals surface area contributed by atoms with Crippen LogP contribution in [0, 0.1) is 13.8 Å². The van der Waals surface area contributed by atoms with Gasteiger partial charge in [-0.15, -0.1) is 0 Å². The predicted molar refractivity (Wildman–Crippen MR) is 122 cm³/mol. The molecule has 0 amide bonds. The van der Waals surface area contributed by atoms with Gasteiger partial charge in [-0.1, -0.05) is 42.5 Å². The van der Waals surface area contributed by atoms with Crippen LogP contribution in [0.2, 0.25) is 0 Å². The number of benzene rings is 2. The Bertz CT molecular complexity index is 1320. The van der Waals surface area contributed by atoms with E-state index in [0.717, 1.165) is 33.4 Å². The van der Waals surface area contributed by atoms with Crippen LogP contribution in [0.5, 0.6) is 0 Å². The first kappa shape index (κ1) is 19.2. The van der Waals surface area contributed by atoms with Crippen molar-refractivity contribution in [2.45, 2.75) is 34.1 Å². The SMILES string of the molecule is CC/C=c1\[nH]n(-c2nc3ccccc3s2)c(=O)\c1=C(/C)Nc1cc(C)cc(C)c1. The second-order valence-corrected chi connectivity index (χ2v) is 8.25. The largest absolute Gasteiger partial charge is 0.358 e. The molecule has 0 aliphatic carbocycles. The van der Waals surface area contributed by atoms with Gasteiger partial charge in [-0.2, -0.15) is 4.68 Å². The molecule has 5 nitrogen and oxygen atoms in total. The van der Waals surface area contributed by atoms with Crippen molar-refractivity contribution in [3.63, 3.8) is 0 Å². The monoisotopic (exact) mass is 404 g/mol. The number of fused-ring (bicyclic) bond motifs is 1. The zero-order valence-electron chi connectivity index (χ0n) is 17.0. The van der Waals surface area contributed by atoms with Crippen LogP contribution in [0.3, 0.4) is 0 Å². The molecule has 4 rings (SSSR count). The molecule has 0 aliphatic rings. The second kappa shape index (κ2) is 7.72. The molecule has 0 radical (unpaired) electrons. The molecule has 0 spiro atoms. The van der Waals surface area contributed by atoms with Crippen molar-refractivity contribution in [3.05, 3.63) is 74.5 Å². The van der Waals surface area contributed by atoms with Gasteiger partial charge in [0.25, 0.3) is 5.56 Å². The standard InChI is InChI=1S/C23H24N4OS/c1-5-8-19-21(16(4)24-17-12-14(2)11-15(3)13-17)22(28)27(26-19)23-25-18-9-6-7-10-20(18)29-23/h6-13,24,26H,5H2,1-4H3/b19-8-,21-16+. The lowest BCUT2D eigenvalue weighted by molar-refractivity contribution is 0.830. The lowest BCUT2D eigenvalue weighted by Gasteiger charge is -2.08. The first-order chi connectivity index (χ1) is 14.0. The van der Waals surface area contributed by atoms with E-state index in [0.29, 0.717) is 10.4 Å². The van der Waals surface area contributed by atoms with Crippen LogP contribution in [0.4, 0.5) is 5.69 Å². The number of anilines is 1. The summed E-state index contributed by atoms with van der Waals surface area (Å²) in [6.07, 6.45) is 2.86. The average Bonchev–Trinajstić information content (AvgIpc) is 3.22. The Morgan fingerprint density at radius 2 is 1.93 bits per heavy atom. The van der Waals surface area contributed by atoms with E-state index in [1.165, 1.54) is 22.5 Å². The number of H-pyrrole nitrogens is 1. The third-order valence-electron chi connectivity index (χ3n) is 4.73. The van der Waals surface area contributed by atoms with Gasteiger partial charge in [0.1, 0.15) is 0 Å². The summed E-state index contributed by atoms with van der Waals surface area (Å²) in [6, 6.07) is 14.2. The molecule has 29 heavy (non-hydrogen) atoms. The van der Waals surface area contributed by atoms with Gasteiger partial charge in [-0.25, -0.2) is 4.98 Å². The molecule has 4 aromatic rings. The van der Waals surface area contributed by atoms with Gasteiger partial charge in [-0.3, -0.25) is 9.89 Å². The molecule has 148 valence electrons. The quantitative estimate of drug-likeness (QED) is 0.543. The summed E-state index contributed by atoms with van der Waals surface area (Å²) >= 11 is 1.50. The third kappa shape index (κ3) is 3.76. The number of nitrogens with zero attached hydrogens (tertiary/aromatic N) is 2. The number of thiazole rings is 1. The van der Waals surface area contributed by atoms with Crippen LogP contribution in [0.1, 0.15) is 31.4 Å². The smallest absolute Gasteiger partial charge is 0.282 e. The molecule has 2 N–H and O–H groups in total. The number of rotatable bonds is 4. The number of hydrogen-bond acceptors (Lipinski definition) is 4. The molecular formula is C23H24N4OS. The summed E-state index contributed by atoms with van der Waals surface area (Å²) in [7, 11) is 0. The summed E-state index contributed by atoms with van der Waals surface area (Å²) in [6.45, 7) is 8.14. The molecule has 0 aliphatic heterocycles. The fourth-order valence-corrected chi connectivity index (χ4v) is 4.51. The maximum atomic E-state index is 13.3. The highest BCUT2D eigenvalue weighted by molar-refractivity contribution is 7.20. The van der Waals surface area contributed by atoms with Crippen molar-refractivity contribution in [3.8, 4) is 5.13 Å². The maximum Gasteiger partial charge on any atom is 0.282 e. The van der Waals surface area contributed by atoms with Crippen molar-refractivity contribution in [2.24, 2.45) is 0 Å². The molecule has 6 heteroatoms. The van der Waals surface area contributed by atoms with E-state index < -0.39 is 0 Å². The summed E-state index contributed by atoms with van der Waals surface area (Å²) in [5, 5.41) is 8.77. The lowest BCUT2D eigenvalue weighted by atomic mass is 10.1. The predicted octanol–water partition coefficient (Wildman–Crippen LogP) is 3.82. The van der Waals surface area contributed by atoms with E-state index in [4.69, 9.17) is 0 Å². The Balaban J connectivity index is 1.89. The van der Waals surface area contributed by atoms with Crippen molar-refractivity contribution in [2.75, 3.05) is 5.32 Å². The zero-order valence-corrected chi connectivity index (χ0v) is 17.9. The Labute approximate surface area is 173 Å². The van der Waals surface area contributed by atoms with Crippen LogP contribution in [0.25, 0.3) is 27.1 Å². The Morgan fingerprint density at radius 1 is 1.21 bits per heavy atom. The normalized spacial score (nSPS) is 13.2. The molecule has 0 bridgehead atoms. The topological polar surface area (TPSA) is 62.7 Å². The van der Waals surface area contributed by atoms with Gasteiger partial charge in [0.2, 0.25) is 5.13 Å². The third-order valence-corrected chi connectivity index (χ3v) is 5.75. The average molecular weight is 405 g/mol. The molecular weight excluding hydrogens is 380 g/mol. The highest BCUT2D eigenvalue weighted by Gasteiger charge is 2.12. The van der Waals surface area contributed by atoms with Crippen molar-refractivity contribution >= 4 is 39.0 Å². The van der Waals surface area contributed by atoms with Crippen LogP contribution < -0.4 is 21.4 Å². The number of hydrogen-bond donors (Lipinski definition) is 2. The van der Waals surface area contributed by atoms with Gasteiger partial charge < -0.3 is 5.32 Å². The van der Waals surface area contributed by atoms with E-state index in [9.17, 15) is 4.79 Å². The number of aromatic amines is 1. The molecule has 2 aromatic heterocycles. The molecule has 0 atom stereocenters. The summed E-state index contributed by atoms with van der Waals surface area (Å²) < 4.78 is 2.61. The minimum atomic E-state index is -0.0990. The fourth-order valence-electron chi connectivity index (χ4n) is 3.58. The molecule has 0 unspecified atom stereocenters. The van der Waals surface area contributed by atoms with Crippen molar-refractivity contribution in [1.29, 1.82) is 0 Å². The number of nitrogens with one attached hydrogen (secondary N) is 2. The van der Waals surface area contributed by atoms with E-state index in [1.807, 2.05) is 37.3 Å². The summed E-state index contributed by atoms with van der Waals surface area (Å²) in [5.74, 6) is 0. The van der Waals surface area contributed by atoms with E-state index in [1.54, 1.807) is 4.68 Å². The lowest BCUT2D eigenvalue weighted by Crippen LogP contribution is -2.38. The molecule has 2 heterocycles. The molecule has 2 aromatic carbocycles. The highest BCUT2D eigenvalue weighted by atomic mass is 32.1. The van der Waals surface area contributed by atoms with E-state index >= 15 is 0 Å². The Morgan fingerprint density at radius 3 is 2.62 bits per heavy atom. The van der Waals surface area contributed by atoms with Gasteiger partial charge in [0, 0.05) is 11.4 Å². The fraction of sp³-hybridized carbons (Fsp3) is 0.217. The van der Waals surface area contributed by atoms with E-state index in [2.05, 4.69) is 54.4 Å². The molecule has 0 saturated carbocycles. The van der Waals surface area contributed by atoms with Gasteiger partial charge in [0.15, 0.2) is 0 Å². The number of para-hydroxylation sites is 1. The van der Waals surface area contributed by atoms with E-state index in [-0.39, 0.29) is 5.56 Å². The Hall–Kier alpha value is -3.12. The van der Waals surface area contributed by atoms with Crippen LogP contribution >= 0.6 is 11.3 Å². The second-order valence-electron chi connectivity index (χ2n) is 7.24. The first-order valence-corrected chi connectivity index (χ1v) is 10.5. The Kier molecular flexibility index (Phi) is 5.11. The van der Waals surface area contributed by atoms with Crippen molar-refractivity contribution < 1.29 is 0 Å². The van der Waals surface area contributed by atoms with Crippen LogP contribution in [0.15, 0.2) is 47.3 Å². The van der Waals surface area contributed by atoms with Crippen molar-refractivity contribution in [1.82, 2.24) is 14.8 Å². The highest BCUT2D eigenvalue weighted by Crippen LogP contribution is 2.22. The van der Waals surface area contributed by atoms with Gasteiger partial charge >= 0.3 is 0 Å². The van der Waals surface area contributed by atoms with Crippen LogP contribution in [-0.2, 0) is 0 Å². The molecule has 0 saturated heterocycles. The number of aromatic nitrogens is 3. The first-order valence-electron chi connectivity index (χ1n) is 9.69. The zero-order chi connectivity index (χ0) is 20.5.